The van der Waals surface area contributed by atoms with Gasteiger partial charge in [0.1, 0.15) is 11.3 Å². The first-order valence-electron chi connectivity index (χ1n) is 6.18. The van der Waals surface area contributed by atoms with Crippen LogP contribution in [0.2, 0.25) is 0 Å². The Morgan fingerprint density at radius 2 is 2.00 bits per heavy atom. The number of aryl methyl sites for hydroxylation is 1. The summed E-state index contributed by atoms with van der Waals surface area (Å²) in [4.78, 5) is 16.2. The minimum absolute atomic E-state index is 0.591. The van der Waals surface area contributed by atoms with E-state index in [1.165, 1.54) is 11.3 Å². The molecule has 0 aliphatic carbocycles. The summed E-state index contributed by atoms with van der Waals surface area (Å²) in [6, 6.07) is 8.14. The van der Waals surface area contributed by atoms with Gasteiger partial charge in [0.2, 0.25) is 0 Å². The van der Waals surface area contributed by atoms with Crippen molar-refractivity contribution >= 4 is 37.8 Å². The number of hydrogen-bond donors (Lipinski definition) is 2. The average Bonchev–Trinajstić information content (AvgIpc) is 2.97. The maximum atomic E-state index is 5.74. The van der Waals surface area contributed by atoms with E-state index >= 15 is 0 Å². The molecule has 0 spiro atoms. The van der Waals surface area contributed by atoms with Crippen molar-refractivity contribution in [3.05, 3.63) is 36.3 Å². The van der Waals surface area contributed by atoms with E-state index in [1.54, 1.807) is 0 Å². The molecule has 0 radical (unpaired) electrons. The molecule has 0 amide bonds. The number of thiazole rings is 1. The van der Waals surface area contributed by atoms with Gasteiger partial charge in [-0.25, -0.2) is 15.0 Å². The molecule has 3 N–H and O–H groups in total. The highest BCUT2D eigenvalue weighted by Crippen LogP contribution is 2.29. The monoisotopic (exact) mass is 281 g/mol. The Balaban J connectivity index is 1.90. The Kier molecular flexibility index (Phi) is 2.28. The highest BCUT2D eigenvalue weighted by molar-refractivity contribution is 7.22. The van der Waals surface area contributed by atoms with Crippen molar-refractivity contribution in [2.75, 3.05) is 5.73 Å². The van der Waals surface area contributed by atoms with Crippen LogP contribution in [0.5, 0.6) is 0 Å². The number of rotatable bonds is 1. The van der Waals surface area contributed by atoms with E-state index in [0.717, 1.165) is 38.3 Å². The third kappa shape index (κ3) is 1.73. The van der Waals surface area contributed by atoms with Gasteiger partial charge in [-0.3, -0.25) is 0 Å². The summed E-state index contributed by atoms with van der Waals surface area (Å²) < 4.78 is 1.08. The number of pyridine rings is 1. The van der Waals surface area contributed by atoms with Crippen molar-refractivity contribution < 1.29 is 0 Å². The molecule has 4 aromatic rings. The number of nitrogens with one attached hydrogen (secondary N) is 1. The van der Waals surface area contributed by atoms with Crippen molar-refractivity contribution in [3.8, 4) is 11.1 Å². The van der Waals surface area contributed by atoms with Crippen molar-refractivity contribution in [3.63, 3.8) is 0 Å². The van der Waals surface area contributed by atoms with Crippen LogP contribution in [-0.4, -0.2) is 19.9 Å². The molecule has 0 saturated heterocycles. The molecule has 3 aromatic heterocycles. The number of imidazole rings is 1. The summed E-state index contributed by atoms with van der Waals surface area (Å²) in [5.74, 6) is 0.871. The average molecular weight is 281 g/mol. The number of nitrogen functional groups attached to an aromatic ring is 1. The van der Waals surface area contributed by atoms with Crippen LogP contribution >= 0.6 is 11.3 Å². The fourth-order valence-electron chi connectivity index (χ4n) is 2.29. The third-order valence-electron chi connectivity index (χ3n) is 3.19. The molecule has 0 unspecified atom stereocenters. The van der Waals surface area contributed by atoms with Gasteiger partial charge in [-0.2, -0.15) is 0 Å². The van der Waals surface area contributed by atoms with E-state index < -0.39 is 0 Å². The molecular formula is C14H11N5S. The number of nitrogens with two attached hydrogens (primary N) is 1. The second-order valence-electron chi connectivity index (χ2n) is 4.65. The molecule has 0 saturated carbocycles. The molecule has 0 bridgehead atoms. The Bertz CT molecular complexity index is 859. The van der Waals surface area contributed by atoms with Crippen LogP contribution in [0.15, 0.2) is 30.5 Å². The van der Waals surface area contributed by atoms with Crippen LogP contribution in [0.1, 0.15) is 5.82 Å². The zero-order valence-corrected chi connectivity index (χ0v) is 11.5. The molecule has 0 atom stereocenters. The quantitative estimate of drug-likeness (QED) is 0.561. The van der Waals surface area contributed by atoms with Crippen molar-refractivity contribution in [2.24, 2.45) is 0 Å². The number of anilines is 1. The zero-order valence-electron chi connectivity index (χ0n) is 10.7. The summed E-state index contributed by atoms with van der Waals surface area (Å²) in [5.41, 5.74) is 10.5. The van der Waals surface area contributed by atoms with Gasteiger partial charge in [0.25, 0.3) is 0 Å². The molecule has 20 heavy (non-hydrogen) atoms. The summed E-state index contributed by atoms with van der Waals surface area (Å²) >= 11 is 1.49. The van der Waals surface area contributed by atoms with Crippen LogP contribution in [0.4, 0.5) is 5.13 Å². The first-order valence-corrected chi connectivity index (χ1v) is 6.99. The largest absolute Gasteiger partial charge is 0.375 e. The SMILES string of the molecule is Cc1nc2cc(-c3ccc4nc(N)sc4c3)cnc2[nH]1. The number of aromatic amines is 1. The summed E-state index contributed by atoms with van der Waals surface area (Å²) in [5, 5.41) is 0.591. The maximum Gasteiger partial charge on any atom is 0.181 e. The summed E-state index contributed by atoms with van der Waals surface area (Å²) in [6.07, 6.45) is 1.85. The standard InChI is InChI=1S/C14H11N5S/c1-7-17-11-4-9(6-16-13(11)18-7)8-2-3-10-12(5-8)20-14(15)19-10/h2-6H,1H3,(H2,15,19)(H,16,17,18). The predicted molar refractivity (Wildman–Crippen MR) is 81.7 cm³/mol. The van der Waals surface area contributed by atoms with Gasteiger partial charge in [-0.15, -0.1) is 0 Å². The minimum atomic E-state index is 0.591. The lowest BCUT2D eigenvalue weighted by molar-refractivity contribution is 1.16. The molecule has 0 aliphatic heterocycles. The van der Waals surface area contributed by atoms with Gasteiger partial charge in [-0.05, 0) is 30.7 Å². The highest BCUT2D eigenvalue weighted by atomic mass is 32.1. The van der Waals surface area contributed by atoms with Crippen molar-refractivity contribution in [1.82, 2.24) is 19.9 Å². The lowest BCUT2D eigenvalue weighted by Crippen LogP contribution is -1.82. The molecule has 98 valence electrons. The van der Waals surface area contributed by atoms with E-state index in [0.29, 0.717) is 5.13 Å². The van der Waals surface area contributed by atoms with Gasteiger partial charge in [0.15, 0.2) is 10.8 Å². The second-order valence-corrected chi connectivity index (χ2v) is 5.71. The van der Waals surface area contributed by atoms with Gasteiger partial charge < -0.3 is 10.7 Å². The lowest BCUT2D eigenvalue weighted by Gasteiger charge is -2.00. The molecule has 3 heterocycles. The molecule has 5 nitrogen and oxygen atoms in total. The Hall–Kier alpha value is -2.47. The normalized spacial score (nSPS) is 11.4. The summed E-state index contributed by atoms with van der Waals surface area (Å²) in [7, 11) is 0. The van der Waals surface area contributed by atoms with Crippen LogP contribution in [0.3, 0.4) is 0 Å². The van der Waals surface area contributed by atoms with Crippen LogP contribution in [0, 0.1) is 6.92 Å². The third-order valence-corrected chi connectivity index (χ3v) is 4.04. The molecule has 1 aromatic carbocycles. The summed E-state index contributed by atoms with van der Waals surface area (Å²) in [6.45, 7) is 1.92. The predicted octanol–water partition coefficient (Wildman–Crippen LogP) is 3.13. The lowest BCUT2D eigenvalue weighted by atomic mass is 10.1. The van der Waals surface area contributed by atoms with Crippen LogP contribution < -0.4 is 5.73 Å². The Morgan fingerprint density at radius 1 is 1.10 bits per heavy atom. The smallest absolute Gasteiger partial charge is 0.181 e. The van der Waals surface area contributed by atoms with Gasteiger partial charge in [0.05, 0.1) is 10.2 Å². The molecule has 4 rings (SSSR count). The zero-order chi connectivity index (χ0) is 13.7. The number of hydrogen-bond acceptors (Lipinski definition) is 5. The van der Waals surface area contributed by atoms with Gasteiger partial charge in [-0.1, -0.05) is 17.4 Å². The molecule has 6 heteroatoms. The fourth-order valence-corrected chi connectivity index (χ4v) is 3.07. The second kappa shape index (κ2) is 4.01. The van der Waals surface area contributed by atoms with E-state index in [1.807, 2.05) is 31.3 Å². The maximum absolute atomic E-state index is 5.74. The topological polar surface area (TPSA) is 80.5 Å². The van der Waals surface area contributed by atoms with E-state index in [2.05, 4.69) is 26.0 Å². The van der Waals surface area contributed by atoms with E-state index in [4.69, 9.17) is 5.73 Å². The van der Waals surface area contributed by atoms with Gasteiger partial charge in [0, 0.05) is 11.8 Å². The minimum Gasteiger partial charge on any atom is -0.375 e. The van der Waals surface area contributed by atoms with E-state index in [-0.39, 0.29) is 0 Å². The number of H-pyrrole nitrogens is 1. The van der Waals surface area contributed by atoms with Crippen LogP contribution in [0.25, 0.3) is 32.5 Å². The number of nitrogens with zero attached hydrogens (tertiary/aromatic N) is 3. The molecule has 0 aliphatic rings. The van der Waals surface area contributed by atoms with Crippen LogP contribution in [-0.2, 0) is 0 Å². The highest BCUT2D eigenvalue weighted by Gasteiger charge is 2.07. The van der Waals surface area contributed by atoms with Crippen molar-refractivity contribution in [1.29, 1.82) is 0 Å². The number of aromatic nitrogens is 4. The van der Waals surface area contributed by atoms with Crippen molar-refractivity contribution in [2.45, 2.75) is 6.92 Å². The Morgan fingerprint density at radius 3 is 2.90 bits per heavy atom. The Labute approximate surface area is 118 Å². The number of benzene rings is 1. The van der Waals surface area contributed by atoms with E-state index in [9.17, 15) is 0 Å². The first kappa shape index (κ1) is 11.4. The number of fused-ring (bicyclic) bond motifs is 2. The fraction of sp³-hybridized carbons (Fsp3) is 0.0714. The molecular weight excluding hydrogens is 270 g/mol. The molecule has 0 fully saturated rings. The van der Waals surface area contributed by atoms with Gasteiger partial charge >= 0.3 is 0 Å². The first-order chi connectivity index (χ1) is 9.69.